The molecule has 1 fully saturated rings. The van der Waals surface area contributed by atoms with Gasteiger partial charge < -0.3 is 10.1 Å². The molecular weight excluding hydrogens is 440 g/mol. The van der Waals surface area contributed by atoms with Gasteiger partial charge in [-0.25, -0.2) is 16.8 Å². The summed E-state index contributed by atoms with van der Waals surface area (Å²) in [6.07, 6.45) is 0.308. The molecule has 1 heterocycles. The van der Waals surface area contributed by atoms with Gasteiger partial charge in [0.25, 0.3) is 5.91 Å². The summed E-state index contributed by atoms with van der Waals surface area (Å²) in [5.74, 6) is -0.557. The lowest BCUT2D eigenvalue weighted by Gasteiger charge is -2.24. The quantitative estimate of drug-likeness (QED) is 0.667. The van der Waals surface area contributed by atoms with E-state index in [9.17, 15) is 21.6 Å². The Bertz CT molecular complexity index is 1180. The van der Waals surface area contributed by atoms with Gasteiger partial charge in [-0.05, 0) is 37.1 Å². The van der Waals surface area contributed by atoms with Crippen LogP contribution in [0.1, 0.15) is 29.3 Å². The Kier molecular flexibility index (Phi) is 6.45. The van der Waals surface area contributed by atoms with Crippen molar-refractivity contribution >= 4 is 25.8 Å². The number of carbonyl (C=O) groups is 1. The number of carbonyl (C=O) groups excluding carboxylic acids is 1. The molecule has 1 atom stereocenters. The van der Waals surface area contributed by atoms with Crippen LogP contribution in [-0.2, 0) is 26.4 Å². The molecule has 168 valence electrons. The second kappa shape index (κ2) is 8.60. The predicted molar refractivity (Wildman–Crippen MR) is 117 cm³/mol. The highest BCUT2D eigenvalue weighted by atomic mass is 32.2. The molecule has 2 aromatic rings. The molecule has 0 bridgehead atoms. The molecule has 0 spiro atoms. The van der Waals surface area contributed by atoms with Crippen LogP contribution in [0.25, 0.3) is 0 Å². The number of rotatable bonds is 7. The van der Waals surface area contributed by atoms with Gasteiger partial charge in [0.05, 0.1) is 24.2 Å². The second-order valence-corrected chi connectivity index (χ2v) is 12.2. The minimum absolute atomic E-state index is 0.0102. The average Bonchev–Trinajstić information content (AvgIpc) is 3.00. The standard InChI is InChI=1S/C21H26N2O6S2/c1-21(11-12-30(25,26)15-21)22-20(24)17-9-10-18(29-3)19(13-17)31(27,28)23(2)14-16-7-5-4-6-8-16/h4-10,13H,11-12,14-15H2,1-3H3,(H,22,24)/t21-/m1/s1. The van der Waals surface area contributed by atoms with Crippen molar-refractivity contribution in [3.05, 3.63) is 59.7 Å². The highest BCUT2D eigenvalue weighted by Crippen LogP contribution is 2.29. The molecule has 1 amide bonds. The van der Waals surface area contributed by atoms with E-state index in [-0.39, 0.29) is 34.3 Å². The summed E-state index contributed by atoms with van der Waals surface area (Å²) in [6, 6.07) is 13.3. The number of sulfonamides is 1. The number of methoxy groups -OCH3 is 1. The molecule has 1 N–H and O–H groups in total. The van der Waals surface area contributed by atoms with E-state index in [0.717, 1.165) is 5.56 Å². The normalized spacial score (nSPS) is 20.5. The number of nitrogens with zero attached hydrogens (tertiary/aromatic N) is 1. The zero-order valence-corrected chi connectivity index (χ0v) is 19.3. The van der Waals surface area contributed by atoms with Crippen LogP contribution >= 0.6 is 0 Å². The first-order chi connectivity index (χ1) is 14.5. The summed E-state index contributed by atoms with van der Waals surface area (Å²) in [4.78, 5) is 12.7. The van der Waals surface area contributed by atoms with Crippen molar-refractivity contribution in [2.45, 2.75) is 30.3 Å². The highest BCUT2D eigenvalue weighted by Gasteiger charge is 2.39. The lowest BCUT2D eigenvalue weighted by Crippen LogP contribution is -2.47. The fourth-order valence-electron chi connectivity index (χ4n) is 3.57. The van der Waals surface area contributed by atoms with E-state index in [1.807, 2.05) is 30.3 Å². The largest absolute Gasteiger partial charge is 0.495 e. The van der Waals surface area contributed by atoms with Gasteiger partial charge >= 0.3 is 0 Å². The van der Waals surface area contributed by atoms with E-state index < -0.39 is 31.3 Å². The first-order valence-electron chi connectivity index (χ1n) is 9.67. The molecule has 0 aliphatic carbocycles. The SMILES string of the molecule is COc1ccc(C(=O)N[C@]2(C)CCS(=O)(=O)C2)cc1S(=O)(=O)N(C)Cc1ccccc1. The van der Waals surface area contributed by atoms with Gasteiger partial charge in [-0.3, -0.25) is 4.79 Å². The van der Waals surface area contributed by atoms with Gasteiger partial charge in [0.1, 0.15) is 10.6 Å². The predicted octanol–water partition coefficient (Wildman–Crippen LogP) is 1.82. The molecule has 1 aliphatic rings. The third-order valence-corrected chi connectivity index (χ3v) is 9.01. The number of hydrogen-bond donors (Lipinski definition) is 1. The first-order valence-corrected chi connectivity index (χ1v) is 12.9. The van der Waals surface area contributed by atoms with Gasteiger partial charge in [-0.2, -0.15) is 4.31 Å². The fraction of sp³-hybridized carbons (Fsp3) is 0.381. The summed E-state index contributed by atoms with van der Waals surface area (Å²) >= 11 is 0. The van der Waals surface area contributed by atoms with Crippen molar-refractivity contribution in [2.24, 2.45) is 0 Å². The van der Waals surface area contributed by atoms with Crippen molar-refractivity contribution in [3.63, 3.8) is 0 Å². The average molecular weight is 467 g/mol. The number of benzene rings is 2. The van der Waals surface area contributed by atoms with Gasteiger partial charge in [0.2, 0.25) is 10.0 Å². The molecule has 31 heavy (non-hydrogen) atoms. The molecule has 1 saturated heterocycles. The third-order valence-electron chi connectivity index (χ3n) is 5.28. The van der Waals surface area contributed by atoms with Crippen LogP contribution in [-0.4, -0.2) is 58.3 Å². The molecule has 10 heteroatoms. The summed E-state index contributed by atoms with van der Waals surface area (Å²) < 4.78 is 56.5. The van der Waals surface area contributed by atoms with Crippen molar-refractivity contribution in [2.75, 3.05) is 25.7 Å². The maximum atomic E-state index is 13.2. The van der Waals surface area contributed by atoms with Crippen LogP contribution in [0.15, 0.2) is 53.4 Å². The van der Waals surface area contributed by atoms with E-state index in [4.69, 9.17) is 4.74 Å². The molecule has 3 rings (SSSR count). The lowest BCUT2D eigenvalue weighted by atomic mass is 10.0. The number of ether oxygens (including phenoxy) is 1. The summed E-state index contributed by atoms with van der Waals surface area (Å²) in [5.41, 5.74) is 0.0359. The molecule has 2 aromatic carbocycles. The molecule has 0 aromatic heterocycles. The monoisotopic (exact) mass is 466 g/mol. The number of hydrogen-bond acceptors (Lipinski definition) is 6. The molecule has 1 aliphatic heterocycles. The van der Waals surface area contributed by atoms with Crippen LogP contribution in [0.3, 0.4) is 0 Å². The summed E-state index contributed by atoms with van der Waals surface area (Å²) in [6.45, 7) is 1.82. The maximum absolute atomic E-state index is 13.2. The lowest BCUT2D eigenvalue weighted by molar-refractivity contribution is 0.0915. The fourth-order valence-corrected chi connectivity index (χ4v) is 7.00. The van der Waals surface area contributed by atoms with Crippen LogP contribution < -0.4 is 10.1 Å². The maximum Gasteiger partial charge on any atom is 0.251 e. The first kappa shape index (κ1) is 23.2. The van der Waals surface area contributed by atoms with Gasteiger partial charge in [-0.15, -0.1) is 0 Å². The Morgan fingerprint density at radius 3 is 2.45 bits per heavy atom. The van der Waals surface area contributed by atoms with E-state index >= 15 is 0 Å². The molecule has 0 unspecified atom stereocenters. The van der Waals surface area contributed by atoms with E-state index in [1.54, 1.807) is 6.92 Å². The topological polar surface area (TPSA) is 110 Å². The minimum Gasteiger partial charge on any atom is -0.495 e. The third kappa shape index (κ3) is 5.25. The van der Waals surface area contributed by atoms with Crippen molar-refractivity contribution in [1.82, 2.24) is 9.62 Å². The van der Waals surface area contributed by atoms with Crippen molar-refractivity contribution < 1.29 is 26.4 Å². The Morgan fingerprint density at radius 1 is 1.19 bits per heavy atom. The smallest absolute Gasteiger partial charge is 0.251 e. The number of nitrogens with one attached hydrogen (secondary N) is 1. The number of sulfone groups is 1. The van der Waals surface area contributed by atoms with Crippen molar-refractivity contribution in [1.29, 1.82) is 0 Å². The minimum atomic E-state index is -3.96. The molecule has 8 nitrogen and oxygen atoms in total. The van der Waals surface area contributed by atoms with Gasteiger partial charge in [0.15, 0.2) is 9.84 Å². The van der Waals surface area contributed by atoms with E-state index in [0.29, 0.717) is 6.42 Å². The van der Waals surface area contributed by atoms with E-state index in [1.165, 1.54) is 36.7 Å². The Hall–Kier alpha value is -2.43. The zero-order chi connectivity index (χ0) is 22.9. The highest BCUT2D eigenvalue weighted by molar-refractivity contribution is 7.91. The second-order valence-electron chi connectivity index (χ2n) is 7.97. The van der Waals surface area contributed by atoms with Crippen LogP contribution in [0, 0.1) is 0 Å². The van der Waals surface area contributed by atoms with Crippen LogP contribution in [0.4, 0.5) is 0 Å². The van der Waals surface area contributed by atoms with Gasteiger partial charge in [-0.1, -0.05) is 30.3 Å². The zero-order valence-electron chi connectivity index (χ0n) is 17.7. The summed E-state index contributed by atoms with van der Waals surface area (Å²) in [5, 5.41) is 2.75. The Labute approximate surface area is 183 Å². The molecule has 0 saturated carbocycles. The van der Waals surface area contributed by atoms with Crippen molar-refractivity contribution in [3.8, 4) is 5.75 Å². The van der Waals surface area contributed by atoms with Crippen LogP contribution in [0.5, 0.6) is 5.75 Å². The van der Waals surface area contributed by atoms with E-state index in [2.05, 4.69) is 5.32 Å². The molecule has 0 radical (unpaired) electrons. The van der Waals surface area contributed by atoms with Crippen LogP contribution in [0.2, 0.25) is 0 Å². The summed E-state index contributed by atoms with van der Waals surface area (Å²) in [7, 11) is -4.35. The van der Waals surface area contributed by atoms with Gasteiger partial charge in [0, 0.05) is 19.2 Å². The number of amides is 1. The Morgan fingerprint density at radius 2 is 1.87 bits per heavy atom. The molecular formula is C21H26N2O6S2. The Balaban J connectivity index is 1.88.